The van der Waals surface area contributed by atoms with Gasteiger partial charge in [-0.3, -0.25) is 4.79 Å². The van der Waals surface area contributed by atoms with Gasteiger partial charge in [-0.15, -0.1) is 11.7 Å². The Labute approximate surface area is 130 Å². The van der Waals surface area contributed by atoms with Crippen LogP contribution in [0.5, 0.6) is 0 Å². The average Bonchev–Trinajstić information content (AvgIpc) is 2.45. The smallest absolute Gasteiger partial charge is 0.239 e. The normalized spacial score (nSPS) is 18.2. The van der Waals surface area contributed by atoms with Crippen LogP contribution < -0.4 is 10.6 Å². The fourth-order valence-corrected chi connectivity index (χ4v) is 3.06. The van der Waals surface area contributed by atoms with Crippen LogP contribution in [0.2, 0.25) is 0 Å². The number of nitrogens with zero attached hydrogens (tertiary/aromatic N) is 2. The molecule has 2 rings (SSSR count). The van der Waals surface area contributed by atoms with Gasteiger partial charge in [0.2, 0.25) is 17.1 Å². The minimum Gasteiger partial charge on any atom is -0.368 e. The fourth-order valence-electron chi connectivity index (χ4n) is 2.50. The number of amides is 1. The molecule has 1 aromatic carbocycles. The molecule has 1 saturated heterocycles. The van der Waals surface area contributed by atoms with Crippen LogP contribution in [0.25, 0.3) is 0 Å². The summed E-state index contributed by atoms with van der Waals surface area (Å²) >= 11 is -5.04. The SMILES string of the molecule is C[C@H](N)C(=O)N1CCN(c2cccc(CS(F)(F)F)c2)CC1. The van der Waals surface area contributed by atoms with Crippen LogP contribution in [0.3, 0.4) is 0 Å². The van der Waals surface area contributed by atoms with Crippen LogP contribution in [0.1, 0.15) is 12.5 Å². The molecule has 0 unspecified atom stereocenters. The number of carbonyl (C=O) groups excluding carboxylic acids is 1. The number of benzene rings is 1. The quantitative estimate of drug-likeness (QED) is 0.920. The Morgan fingerprint density at radius 3 is 2.45 bits per heavy atom. The van der Waals surface area contributed by atoms with Crippen molar-refractivity contribution in [1.82, 2.24) is 4.90 Å². The first-order chi connectivity index (χ1) is 10.3. The van der Waals surface area contributed by atoms with Crippen molar-refractivity contribution < 1.29 is 16.5 Å². The number of piperazine rings is 1. The van der Waals surface area contributed by atoms with Crippen molar-refractivity contribution in [2.24, 2.45) is 5.73 Å². The lowest BCUT2D eigenvalue weighted by atomic mass is 10.2. The molecule has 0 bridgehead atoms. The highest BCUT2D eigenvalue weighted by molar-refractivity contribution is 8.20. The molecule has 1 heterocycles. The summed E-state index contributed by atoms with van der Waals surface area (Å²) in [5, 5.41) is 0. The average molecular weight is 335 g/mol. The Bertz CT molecular complexity index is 528. The number of halogens is 3. The predicted molar refractivity (Wildman–Crippen MR) is 83.5 cm³/mol. The van der Waals surface area contributed by atoms with E-state index in [9.17, 15) is 16.5 Å². The van der Waals surface area contributed by atoms with Gasteiger partial charge in [0.1, 0.15) is 0 Å². The van der Waals surface area contributed by atoms with E-state index >= 15 is 0 Å². The Balaban J connectivity index is 1.99. The minimum absolute atomic E-state index is 0.0888. The van der Waals surface area contributed by atoms with Crippen LogP contribution in [0, 0.1) is 0 Å². The van der Waals surface area contributed by atoms with Crippen molar-refractivity contribution in [3.8, 4) is 0 Å². The molecule has 0 spiro atoms. The first kappa shape index (κ1) is 17.0. The lowest BCUT2D eigenvalue weighted by Crippen LogP contribution is -2.52. The maximum Gasteiger partial charge on any atom is 0.239 e. The van der Waals surface area contributed by atoms with E-state index in [4.69, 9.17) is 5.73 Å². The molecule has 1 atom stereocenters. The zero-order chi connectivity index (χ0) is 16.3. The van der Waals surface area contributed by atoms with E-state index in [1.165, 1.54) is 6.07 Å². The summed E-state index contributed by atoms with van der Waals surface area (Å²) in [6.07, 6.45) is 0. The molecular formula is C14H20F3N3OS. The number of rotatable bonds is 4. The monoisotopic (exact) mass is 335 g/mol. The second-order valence-corrected chi connectivity index (χ2v) is 6.71. The van der Waals surface area contributed by atoms with E-state index in [1.54, 1.807) is 30.0 Å². The highest BCUT2D eigenvalue weighted by Crippen LogP contribution is 2.56. The Kier molecular flexibility index (Phi) is 5.23. The lowest BCUT2D eigenvalue weighted by molar-refractivity contribution is -0.132. The highest BCUT2D eigenvalue weighted by atomic mass is 32.3. The molecule has 1 aromatic rings. The van der Waals surface area contributed by atoms with Gasteiger partial charge >= 0.3 is 0 Å². The van der Waals surface area contributed by atoms with E-state index in [-0.39, 0.29) is 11.5 Å². The molecular weight excluding hydrogens is 315 g/mol. The number of nitrogens with two attached hydrogens (primary N) is 1. The summed E-state index contributed by atoms with van der Waals surface area (Å²) in [5.74, 6) is -0.932. The van der Waals surface area contributed by atoms with Crippen molar-refractivity contribution >= 4 is 22.8 Å². The van der Waals surface area contributed by atoms with E-state index in [1.807, 2.05) is 4.90 Å². The molecule has 2 N–H and O–H groups in total. The van der Waals surface area contributed by atoms with Crippen molar-refractivity contribution in [2.45, 2.75) is 18.7 Å². The van der Waals surface area contributed by atoms with Gasteiger partial charge < -0.3 is 15.5 Å². The van der Waals surface area contributed by atoms with Crippen LogP contribution in [-0.2, 0) is 10.5 Å². The Morgan fingerprint density at radius 2 is 1.91 bits per heavy atom. The molecule has 1 fully saturated rings. The van der Waals surface area contributed by atoms with Gasteiger partial charge in [-0.2, -0.15) is 0 Å². The summed E-state index contributed by atoms with van der Waals surface area (Å²) in [6, 6.07) is 6.02. The third-order valence-electron chi connectivity index (χ3n) is 3.59. The number of hydrogen-bond donors (Lipinski definition) is 1. The third-order valence-corrected chi connectivity index (χ3v) is 4.25. The first-order valence-electron chi connectivity index (χ1n) is 7.04. The number of hydrogen-bond acceptors (Lipinski definition) is 3. The van der Waals surface area contributed by atoms with Crippen LogP contribution in [0.15, 0.2) is 24.3 Å². The van der Waals surface area contributed by atoms with E-state index in [0.717, 1.165) is 5.69 Å². The standard InChI is InChI=1S/C14H20F3N3OS/c1-11(18)14(21)20-7-5-19(6-8-20)13-4-2-3-12(9-13)10-22(15,16)17/h2-4,9,11H,5-8,10,18H2,1H3/t11-/m0/s1. The minimum atomic E-state index is -5.04. The maximum atomic E-state index is 12.5. The van der Waals surface area contributed by atoms with Crippen molar-refractivity contribution in [3.63, 3.8) is 0 Å². The molecule has 0 radical (unpaired) electrons. The Morgan fingerprint density at radius 1 is 1.27 bits per heavy atom. The molecule has 0 saturated carbocycles. The summed E-state index contributed by atoms with van der Waals surface area (Å²) in [4.78, 5) is 15.5. The topological polar surface area (TPSA) is 49.6 Å². The van der Waals surface area contributed by atoms with Crippen molar-refractivity contribution in [1.29, 1.82) is 0 Å². The molecule has 0 aromatic heterocycles. The summed E-state index contributed by atoms with van der Waals surface area (Å²) in [6.45, 7) is 3.92. The number of anilines is 1. The summed E-state index contributed by atoms with van der Waals surface area (Å²) in [7, 11) is 0. The number of carbonyl (C=O) groups is 1. The molecule has 1 amide bonds. The molecule has 4 nitrogen and oxygen atoms in total. The molecule has 0 aliphatic carbocycles. The van der Waals surface area contributed by atoms with E-state index in [0.29, 0.717) is 26.2 Å². The molecule has 1 aliphatic heterocycles. The molecule has 22 heavy (non-hydrogen) atoms. The summed E-state index contributed by atoms with van der Waals surface area (Å²) < 4.78 is 37.6. The highest BCUT2D eigenvalue weighted by Gasteiger charge is 2.24. The maximum absolute atomic E-state index is 12.5. The summed E-state index contributed by atoms with van der Waals surface area (Å²) in [5.41, 5.74) is 6.64. The predicted octanol–water partition coefficient (Wildman–Crippen LogP) is 2.64. The van der Waals surface area contributed by atoms with E-state index < -0.39 is 23.0 Å². The molecule has 124 valence electrons. The first-order valence-corrected chi connectivity index (χ1v) is 8.55. The zero-order valence-corrected chi connectivity index (χ0v) is 13.2. The zero-order valence-electron chi connectivity index (χ0n) is 12.3. The van der Waals surface area contributed by atoms with Gasteiger partial charge in [0, 0.05) is 31.9 Å². The van der Waals surface area contributed by atoms with Crippen LogP contribution >= 0.6 is 11.2 Å². The van der Waals surface area contributed by atoms with Gasteiger partial charge in [0.15, 0.2) is 0 Å². The van der Waals surface area contributed by atoms with Crippen molar-refractivity contribution in [3.05, 3.63) is 29.8 Å². The van der Waals surface area contributed by atoms with Gasteiger partial charge in [0.05, 0.1) is 11.8 Å². The van der Waals surface area contributed by atoms with E-state index in [2.05, 4.69) is 0 Å². The van der Waals surface area contributed by atoms with Crippen LogP contribution in [-0.4, -0.2) is 43.0 Å². The van der Waals surface area contributed by atoms with Gasteiger partial charge in [-0.05, 0) is 24.6 Å². The van der Waals surface area contributed by atoms with Gasteiger partial charge in [-0.25, -0.2) is 0 Å². The van der Waals surface area contributed by atoms with Gasteiger partial charge in [-0.1, -0.05) is 12.1 Å². The Hall–Kier alpha value is -1.41. The second kappa shape index (κ2) is 6.78. The largest absolute Gasteiger partial charge is 0.368 e. The molecule has 1 aliphatic rings. The molecule has 8 heteroatoms. The second-order valence-electron chi connectivity index (χ2n) is 5.42. The fraction of sp³-hybridized carbons (Fsp3) is 0.500. The van der Waals surface area contributed by atoms with Crippen LogP contribution in [0.4, 0.5) is 17.3 Å². The van der Waals surface area contributed by atoms with Crippen molar-refractivity contribution in [2.75, 3.05) is 31.1 Å². The lowest BCUT2D eigenvalue weighted by Gasteiger charge is -2.37. The third kappa shape index (κ3) is 4.54. The van der Waals surface area contributed by atoms with Gasteiger partial charge in [0.25, 0.3) is 0 Å².